The van der Waals surface area contributed by atoms with Crippen LogP contribution in [0.25, 0.3) is 0 Å². The minimum Gasteiger partial charge on any atom is -0.463 e. The normalized spacial score (nSPS) is 25.9. The molecule has 5 nitrogen and oxygen atoms in total. The molecule has 0 aromatic heterocycles. The Balaban J connectivity index is 1.70. The van der Waals surface area contributed by atoms with E-state index in [4.69, 9.17) is 9.47 Å². The number of ether oxygens (including phenoxy) is 2. The fraction of sp³-hybridized carbons (Fsp3) is 0.889. The molecule has 0 aromatic rings. The monoisotopic (exact) mass is 325 g/mol. The van der Waals surface area contributed by atoms with Crippen molar-refractivity contribution in [2.45, 2.75) is 72.0 Å². The van der Waals surface area contributed by atoms with Gasteiger partial charge in [0.2, 0.25) is 0 Å². The summed E-state index contributed by atoms with van der Waals surface area (Å²) in [5.74, 6) is 1.21. The highest BCUT2D eigenvalue weighted by atomic mass is 16.6. The van der Waals surface area contributed by atoms with Gasteiger partial charge in [-0.1, -0.05) is 0 Å². The number of hydrogen-bond acceptors (Lipinski definition) is 4. The number of hydrogen-bond donors (Lipinski definition) is 0. The predicted octanol–water partition coefficient (Wildman–Crippen LogP) is 3.61. The molecule has 23 heavy (non-hydrogen) atoms. The molecule has 2 rings (SSSR count). The van der Waals surface area contributed by atoms with Crippen LogP contribution < -0.4 is 0 Å². The lowest BCUT2D eigenvalue weighted by atomic mass is 9.73. The van der Waals surface area contributed by atoms with Crippen LogP contribution in [0, 0.1) is 17.8 Å². The first-order valence-electron chi connectivity index (χ1n) is 8.84. The highest BCUT2D eigenvalue weighted by Crippen LogP contribution is 2.38. The van der Waals surface area contributed by atoms with Crippen molar-refractivity contribution in [3.63, 3.8) is 0 Å². The molecule has 1 amide bonds. The van der Waals surface area contributed by atoms with Crippen LogP contribution in [0.4, 0.5) is 4.79 Å². The van der Waals surface area contributed by atoms with Gasteiger partial charge in [0.1, 0.15) is 5.60 Å². The van der Waals surface area contributed by atoms with Gasteiger partial charge in [0.15, 0.2) is 0 Å². The van der Waals surface area contributed by atoms with Crippen LogP contribution in [0.15, 0.2) is 0 Å². The average molecular weight is 325 g/mol. The maximum atomic E-state index is 12.0. The summed E-state index contributed by atoms with van der Waals surface area (Å²) in [6.45, 7) is 11.0. The van der Waals surface area contributed by atoms with Crippen molar-refractivity contribution in [1.82, 2.24) is 4.90 Å². The maximum Gasteiger partial charge on any atom is 0.410 e. The highest BCUT2D eigenvalue weighted by Gasteiger charge is 2.40. The minimum atomic E-state index is -0.434. The Labute approximate surface area is 139 Å². The molecule has 0 aromatic carbocycles. The van der Waals surface area contributed by atoms with E-state index in [9.17, 15) is 9.59 Å². The molecule has 0 unspecified atom stereocenters. The Morgan fingerprint density at radius 2 is 1.57 bits per heavy atom. The van der Waals surface area contributed by atoms with Gasteiger partial charge in [0.05, 0.1) is 12.0 Å². The summed E-state index contributed by atoms with van der Waals surface area (Å²) in [6.07, 6.45) is 3.71. The molecule has 0 radical (unpaired) electrons. The molecule has 2 aliphatic rings. The number of amides is 1. The fourth-order valence-electron chi connectivity index (χ4n) is 3.44. The number of carbonyl (C=O) groups is 2. The smallest absolute Gasteiger partial charge is 0.410 e. The van der Waals surface area contributed by atoms with E-state index in [2.05, 4.69) is 0 Å². The zero-order valence-corrected chi connectivity index (χ0v) is 15.1. The lowest BCUT2D eigenvalue weighted by molar-refractivity contribution is -0.154. The standard InChI is InChI=1S/C18H31NO4/c1-12(2)22-16(20)14-8-6-13(7-9-14)15-10-19(11-15)17(21)23-18(3,4)5/h12-15H,6-11H2,1-5H3. The number of nitrogens with zero attached hydrogens (tertiary/aromatic N) is 1. The Morgan fingerprint density at radius 1 is 1.00 bits per heavy atom. The number of likely N-dealkylation sites (tertiary alicyclic amines) is 1. The summed E-state index contributed by atoms with van der Waals surface area (Å²) < 4.78 is 10.7. The molecule has 1 saturated carbocycles. The van der Waals surface area contributed by atoms with Gasteiger partial charge in [-0.15, -0.1) is 0 Å². The van der Waals surface area contributed by atoms with Gasteiger partial charge in [0.25, 0.3) is 0 Å². The molecule has 5 heteroatoms. The highest BCUT2D eigenvalue weighted by molar-refractivity contribution is 5.72. The van der Waals surface area contributed by atoms with Crippen molar-refractivity contribution < 1.29 is 19.1 Å². The summed E-state index contributed by atoms with van der Waals surface area (Å²) in [4.78, 5) is 25.7. The van der Waals surface area contributed by atoms with E-state index in [1.807, 2.05) is 34.6 Å². The summed E-state index contributed by atoms with van der Waals surface area (Å²) in [7, 11) is 0. The van der Waals surface area contributed by atoms with E-state index in [1.54, 1.807) is 4.90 Å². The van der Waals surface area contributed by atoms with Gasteiger partial charge < -0.3 is 14.4 Å². The Kier molecular flexibility index (Phi) is 5.58. The molecule has 1 heterocycles. The van der Waals surface area contributed by atoms with E-state index in [0.717, 1.165) is 38.8 Å². The van der Waals surface area contributed by atoms with Crippen LogP contribution in [-0.4, -0.2) is 41.8 Å². The van der Waals surface area contributed by atoms with Crippen LogP contribution >= 0.6 is 0 Å². The molecule has 1 aliphatic carbocycles. The second-order valence-electron chi connectivity index (χ2n) is 8.24. The van der Waals surface area contributed by atoms with Gasteiger partial charge >= 0.3 is 12.1 Å². The van der Waals surface area contributed by atoms with Crippen molar-refractivity contribution in [3.8, 4) is 0 Å². The third-order valence-corrected chi connectivity index (χ3v) is 4.69. The van der Waals surface area contributed by atoms with Gasteiger partial charge in [-0.3, -0.25) is 4.79 Å². The lowest BCUT2D eigenvalue weighted by Crippen LogP contribution is -2.54. The molecule has 2 fully saturated rings. The second-order valence-corrected chi connectivity index (χ2v) is 8.24. The van der Waals surface area contributed by atoms with Crippen molar-refractivity contribution in [1.29, 1.82) is 0 Å². The Morgan fingerprint density at radius 3 is 2.04 bits per heavy atom. The van der Waals surface area contributed by atoms with Gasteiger partial charge in [-0.2, -0.15) is 0 Å². The van der Waals surface area contributed by atoms with Gasteiger partial charge in [-0.25, -0.2) is 4.79 Å². The van der Waals surface area contributed by atoms with Crippen LogP contribution in [-0.2, 0) is 14.3 Å². The van der Waals surface area contributed by atoms with E-state index in [-0.39, 0.29) is 24.1 Å². The van der Waals surface area contributed by atoms with E-state index < -0.39 is 5.60 Å². The summed E-state index contributed by atoms with van der Waals surface area (Å²) in [5, 5.41) is 0. The molecular weight excluding hydrogens is 294 g/mol. The minimum absolute atomic E-state index is 0.0331. The molecule has 0 spiro atoms. The Bertz CT molecular complexity index is 427. The third-order valence-electron chi connectivity index (χ3n) is 4.69. The summed E-state index contributed by atoms with van der Waals surface area (Å²) in [6, 6.07) is 0. The van der Waals surface area contributed by atoms with Gasteiger partial charge in [-0.05, 0) is 72.1 Å². The molecule has 0 N–H and O–H groups in total. The molecule has 1 saturated heterocycles. The SMILES string of the molecule is CC(C)OC(=O)C1CCC(C2CN(C(=O)OC(C)(C)C)C2)CC1. The zero-order valence-electron chi connectivity index (χ0n) is 15.1. The number of esters is 1. The van der Waals surface area contributed by atoms with Crippen molar-refractivity contribution in [2.24, 2.45) is 17.8 Å². The molecule has 1 aliphatic heterocycles. The molecular formula is C18H31NO4. The van der Waals surface area contributed by atoms with Crippen molar-refractivity contribution in [3.05, 3.63) is 0 Å². The van der Waals surface area contributed by atoms with Crippen molar-refractivity contribution >= 4 is 12.1 Å². The fourth-order valence-corrected chi connectivity index (χ4v) is 3.44. The van der Waals surface area contributed by atoms with E-state index in [0.29, 0.717) is 11.8 Å². The van der Waals surface area contributed by atoms with Crippen LogP contribution in [0.5, 0.6) is 0 Å². The predicted molar refractivity (Wildman–Crippen MR) is 88.0 cm³/mol. The quantitative estimate of drug-likeness (QED) is 0.744. The van der Waals surface area contributed by atoms with Crippen LogP contribution in [0.1, 0.15) is 60.3 Å². The van der Waals surface area contributed by atoms with Crippen molar-refractivity contribution in [2.75, 3.05) is 13.1 Å². The second kappa shape index (κ2) is 7.10. The first kappa shape index (κ1) is 18.1. The first-order chi connectivity index (χ1) is 10.7. The van der Waals surface area contributed by atoms with Crippen LogP contribution in [0.3, 0.4) is 0 Å². The largest absolute Gasteiger partial charge is 0.463 e. The number of carbonyl (C=O) groups excluding carboxylic acids is 2. The summed E-state index contributed by atoms with van der Waals surface area (Å²) >= 11 is 0. The Hall–Kier alpha value is -1.26. The van der Waals surface area contributed by atoms with Crippen LogP contribution in [0.2, 0.25) is 0 Å². The lowest BCUT2D eigenvalue weighted by Gasteiger charge is -2.45. The van der Waals surface area contributed by atoms with E-state index in [1.165, 1.54) is 0 Å². The molecule has 0 atom stereocenters. The zero-order chi connectivity index (χ0) is 17.2. The molecule has 132 valence electrons. The third kappa shape index (κ3) is 5.11. The van der Waals surface area contributed by atoms with Gasteiger partial charge in [0, 0.05) is 13.1 Å². The van der Waals surface area contributed by atoms with E-state index >= 15 is 0 Å². The maximum absolute atomic E-state index is 12.0. The first-order valence-corrected chi connectivity index (χ1v) is 8.84. The molecule has 0 bridgehead atoms. The number of rotatable bonds is 3. The topological polar surface area (TPSA) is 55.8 Å². The summed E-state index contributed by atoms with van der Waals surface area (Å²) in [5.41, 5.74) is -0.434. The average Bonchev–Trinajstić information content (AvgIpc) is 2.34.